The summed E-state index contributed by atoms with van der Waals surface area (Å²) in [4.78, 5) is 13.7. The van der Waals surface area contributed by atoms with Crippen molar-refractivity contribution in [3.05, 3.63) is 64.9 Å². The number of aromatic nitrogens is 3. The minimum Gasteiger partial charge on any atom is -0.493 e. The topological polar surface area (TPSA) is 69.2 Å². The molecule has 4 rings (SSSR count). The summed E-state index contributed by atoms with van der Waals surface area (Å²) < 4.78 is 11.4. The Kier molecular flexibility index (Phi) is 6.39. The number of rotatable bonds is 7. The molecule has 2 aromatic heterocycles. The lowest BCUT2D eigenvalue weighted by molar-refractivity contribution is 0.295. The lowest BCUT2D eigenvalue weighted by atomic mass is 10.1. The van der Waals surface area contributed by atoms with Gasteiger partial charge in [-0.1, -0.05) is 30.1 Å². The maximum Gasteiger partial charge on any atom is 0.163 e. The van der Waals surface area contributed by atoms with Gasteiger partial charge in [-0.25, -0.2) is 9.97 Å². The van der Waals surface area contributed by atoms with E-state index in [-0.39, 0.29) is 0 Å². The summed E-state index contributed by atoms with van der Waals surface area (Å²) >= 11 is 12.3. The summed E-state index contributed by atoms with van der Waals surface area (Å²) in [6, 6.07) is 12.8. The highest BCUT2D eigenvalue weighted by Gasteiger charge is 2.15. The van der Waals surface area contributed by atoms with Crippen LogP contribution in [0.1, 0.15) is 13.3 Å². The van der Waals surface area contributed by atoms with E-state index in [0.717, 1.165) is 23.1 Å². The molecule has 0 aliphatic rings. The van der Waals surface area contributed by atoms with E-state index in [4.69, 9.17) is 42.6 Å². The Balaban J connectivity index is 1.89. The summed E-state index contributed by atoms with van der Waals surface area (Å²) in [5.74, 6) is 2.38. The molecule has 0 amide bonds. The SMILES string of the molecule is CCCOc1cc2c(Nc3ccc(Cl)c(Cl)c3)nc(-c3cccnc3)nc2cc1OC. The minimum absolute atomic E-state index is 0.450. The van der Waals surface area contributed by atoms with E-state index in [0.29, 0.717) is 45.3 Å². The molecule has 4 aromatic rings. The fraction of sp³-hybridized carbons (Fsp3) is 0.174. The number of hydrogen-bond acceptors (Lipinski definition) is 6. The molecule has 0 unspecified atom stereocenters. The van der Waals surface area contributed by atoms with Crippen molar-refractivity contribution in [1.82, 2.24) is 15.0 Å². The Morgan fingerprint density at radius 3 is 2.58 bits per heavy atom. The third kappa shape index (κ3) is 4.65. The highest BCUT2D eigenvalue weighted by molar-refractivity contribution is 6.42. The average molecular weight is 455 g/mol. The zero-order valence-corrected chi connectivity index (χ0v) is 18.5. The fourth-order valence-corrected chi connectivity index (χ4v) is 3.35. The smallest absolute Gasteiger partial charge is 0.163 e. The van der Waals surface area contributed by atoms with Crippen LogP contribution in [0.15, 0.2) is 54.9 Å². The van der Waals surface area contributed by atoms with Gasteiger partial charge in [-0.05, 0) is 42.8 Å². The van der Waals surface area contributed by atoms with Gasteiger partial charge < -0.3 is 14.8 Å². The van der Waals surface area contributed by atoms with Crippen molar-refractivity contribution in [1.29, 1.82) is 0 Å². The van der Waals surface area contributed by atoms with Gasteiger partial charge >= 0.3 is 0 Å². The van der Waals surface area contributed by atoms with Gasteiger partial charge in [0.25, 0.3) is 0 Å². The van der Waals surface area contributed by atoms with Gasteiger partial charge in [0.1, 0.15) is 5.82 Å². The summed E-state index contributed by atoms with van der Waals surface area (Å²) in [5, 5.41) is 5.05. The largest absolute Gasteiger partial charge is 0.493 e. The Morgan fingerprint density at radius 2 is 1.87 bits per heavy atom. The number of halogens is 2. The molecule has 0 spiro atoms. The normalized spacial score (nSPS) is 10.8. The summed E-state index contributed by atoms with van der Waals surface area (Å²) in [5.41, 5.74) is 2.25. The number of fused-ring (bicyclic) bond motifs is 1. The van der Waals surface area contributed by atoms with Crippen LogP contribution in [0, 0.1) is 0 Å². The van der Waals surface area contributed by atoms with Gasteiger partial charge in [-0.15, -0.1) is 0 Å². The van der Waals surface area contributed by atoms with Crippen molar-refractivity contribution in [2.75, 3.05) is 19.0 Å². The Morgan fingerprint density at radius 1 is 1.00 bits per heavy atom. The first-order valence-corrected chi connectivity index (χ1v) is 10.5. The number of hydrogen-bond donors (Lipinski definition) is 1. The molecular weight excluding hydrogens is 435 g/mol. The Hall–Kier alpha value is -3.09. The third-order valence-electron chi connectivity index (χ3n) is 4.54. The molecule has 0 saturated carbocycles. The Bertz CT molecular complexity index is 1220. The molecule has 2 heterocycles. The van der Waals surface area contributed by atoms with Crippen LogP contribution < -0.4 is 14.8 Å². The van der Waals surface area contributed by atoms with Crippen LogP contribution in [0.5, 0.6) is 11.5 Å². The lowest BCUT2D eigenvalue weighted by Gasteiger charge is -2.15. The molecule has 0 saturated heterocycles. The molecule has 2 aromatic carbocycles. The molecule has 0 bridgehead atoms. The van der Waals surface area contributed by atoms with Crippen LogP contribution in [-0.4, -0.2) is 28.7 Å². The van der Waals surface area contributed by atoms with Gasteiger partial charge in [0.05, 0.1) is 29.3 Å². The first-order valence-electron chi connectivity index (χ1n) is 9.74. The van der Waals surface area contributed by atoms with Gasteiger partial charge in [0.15, 0.2) is 17.3 Å². The van der Waals surface area contributed by atoms with Crippen LogP contribution in [0.4, 0.5) is 11.5 Å². The van der Waals surface area contributed by atoms with Crippen LogP contribution in [0.3, 0.4) is 0 Å². The third-order valence-corrected chi connectivity index (χ3v) is 5.28. The maximum atomic E-state index is 6.20. The zero-order chi connectivity index (χ0) is 21.8. The average Bonchev–Trinajstić information content (AvgIpc) is 2.80. The highest BCUT2D eigenvalue weighted by Crippen LogP contribution is 2.37. The first kappa shape index (κ1) is 21.2. The second-order valence-electron chi connectivity index (χ2n) is 6.76. The van der Waals surface area contributed by atoms with E-state index in [2.05, 4.69) is 10.3 Å². The molecule has 0 fully saturated rings. The quantitative estimate of drug-likeness (QED) is 0.341. The van der Waals surface area contributed by atoms with Crippen LogP contribution in [-0.2, 0) is 0 Å². The predicted molar refractivity (Wildman–Crippen MR) is 125 cm³/mol. The van der Waals surface area contributed by atoms with E-state index in [1.165, 1.54) is 0 Å². The zero-order valence-electron chi connectivity index (χ0n) is 17.0. The number of benzene rings is 2. The monoisotopic (exact) mass is 454 g/mol. The Labute approximate surface area is 190 Å². The number of nitrogens with one attached hydrogen (secondary N) is 1. The molecule has 6 nitrogen and oxygen atoms in total. The van der Waals surface area contributed by atoms with Crippen LogP contribution >= 0.6 is 23.2 Å². The summed E-state index contributed by atoms with van der Waals surface area (Å²) in [6.45, 7) is 2.63. The van der Waals surface area contributed by atoms with E-state index >= 15 is 0 Å². The number of pyridine rings is 1. The van der Waals surface area contributed by atoms with Crippen molar-refractivity contribution in [2.24, 2.45) is 0 Å². The van der Waals surface area contributed by atoms with Crippen molar-refractivity contribution in [3.8, 4) is 22.9 Å². The maximum absolute atomic E-state index is 6.20. The van der Waals surface area contributed by atoms with Crippen LogP contribution in [0.2, 0.25) is 10.0 Å². The van der Waals surface area contributed by atoms with Crippen molar-refractivity contribution >= 4 is 45.6 Å². The van der Waals surface area contributed by atoms with Gasteiger partial charge in [-0.3, -0.25) is 4.98 Å². The lowest BCUT2D eigenvalue weighted by Crippen LogP contribution is -2.02. The highest BCUT2D eigenvalue weighted by atomic mass is 35.5. The molecule has 158 valence electrons. The van der Waals surface area contributed by atoms with E-state index in [1.54, 1.807) is 31.6 Å². The van der Waals surface area contributed by atoms with Crippen molar-refractivity contribution in [3.63, 3.8) is 0 Å². The van der Waals surface area contributed by atoms with E-state index < -0.39 is 0 Å². The van der Waals surface area contributed by atoms with Crippen LogP contribution in [0.25, 0.3) is 22.3 Å². The number of nitrogens with zero attached hydrogens (tertiary/aromatic N) is 3. The molecule has 0 aliphatic carbocycles. The van der Waals surface area contributed by atoms with Crippen molar-refractivity contribution < 1.29 is 9.47 Å². The molecule has 8 heteroatoms. The van der Waals surface area contributed by atoms with E-state index in [1.807, 2.05) is 37.3 Å². The van der Waals surface area contributed by atoms with E-state index in [9.17, 15) is 0 Å². The summed E-state index contributed by atoms with van der Waals surface area (Å²) in [7, 11) is 1.61. The molecule has 31 heavy (non-hydrogen) atoms. The second kappa shape index (κ2) is 9.37. The second-order valence-corrected chi connectivity index (χ2v) is 7.57. The molecule has 0 atom stereocenters. The van der Waals surface area contributed by atoms with Gasteiger partial charge in [0.2, 0.25) is 0 Å². The number of anilines is 2. The molecule has 1 N–H and O–H groups in total. The summed E-state index contributed by atoms with van der Waals surface area (Å²) in [6.07, 6.45) is 4.31. The van der Waals surface area contributed by atoms with Gasteiger partial charge in [-0.2, -0.15) is 0 Å². The number of methoxy groups -OCH3 is 1. The molecule has 0 aliphatic heterocycles. The standard InChI is InChI=1S/C23H20Cl2N4O2/c1-3-9-31-21-11-16-19(12-20(21)30-2)28-22(14-5-4-8-26-13-14)29-23(16)27-15-6-7-17(24)18(25)10-15/h4-8,10-13H,3,9H2,1-2H3,(H,27,28,29). The molecule has 0 radical (unpaired) electrons. The molecular formula is C23H20Cl2N4O2. The number of ether oxygens (including phenoxy) is 2. The first-order chi connectivity index (χ1) is 15.1. The minimum atomic E-state index is 0.450. The predicted octanol–water partition coefficient (Wildman–Crippen LogP) is 6.54. The fourth-order valence-electron chi connectivity index (χ4n) is 3.05. The van der Waals surface area contributed by atoms with Crippen molar-refractivity contribution in [2.45, 2.75) is 13.3 Å². The van der Waals surface area contributed by atoms with Gasteiger partial charge in [0, 0.05) is 35.1 Å².